The van der Waals surface area contributed by atoms with Crippen LogP contribution in [0, 0.1) is 11.8 Å². The number of methoxy groups -OCH3 is 1. The molecule has 5 heteroatoms. The van der Waals surface area contributed by atoms with Gasteiger partial charge in [-0.1, -0.05) is 19.8 Å². The van der Waals surface area contributed by atoms with Crippen molar-refractivity contribution >= 4 is 11.8 Å². The van der Waals surface area contributed by atoms with Crippen LogP contribution in [-0.4, -0.2) is 22.6 Å². The second kappa shape index (κ2) is 4.77. The molecule has 0 aromatic carbocycles. The third-order valence-electron chi connectivity index (χ3n) is 3.73. The van der Waals surface area contributed by atoms with Gasteiger partial charge < -0.3 is 15.0 Å². The maximum absolute atomic E-state index is 11.4. The number of hydrogen-bond donors (Lipinski definition) is 1. The first-order valence-corrected chi connectivity index (χ1v) is 6.02. The van der Waals surface area contributed by atoms with Crippen LogP contribution in [0.4, 0.5) is 5.82 Å². The maximum Gasteiger partial charge on any atom is 0.360 e. The van der Waals surface area contributed by atoms with Crippen molar-refractivity contribution in [3.63, 3.8) is 0 Å². The Morgan fingerprint density at radius 2 is 2.41 bits per heavy atom. The van der Waals surface area contributed by atoms with Crippen molar-refractivity contribution in [1.82, 2.24) is 9.55 Å². The van der Waals surface area contributed by atoms with Crippen molar-refractivity contribution in [2.24, 2.45) is 11.8 Å². The Bertz CT molecular complexity index is 414. The van der Waals surface area contributed by atoms with Crippen LogP contribution >= 0.6 is 0 Å². The van der Waals surface area contributed by atoms with Crippen molar-refractivity contribution in [3.8, 4) is 0 Å². The molecule has 0 radical (unpaired) electrons. The Kier molecular flexibility index (Phi) is 3.36. The summed E-state index contributed by atoms with van der Waals surface area (Å²) in [5.41, 5.74) is 6.12. The Morgan fingerprint density at radius 3 is 3.00 bits per heavy atom. The zero-order chi connectivity index (χ0) is 12.4. The van der Waals surface area contributed by atoms with E-state index < -0.39 is 5.97 Å². The Labute approximate surface area is 101 Å². The molecule has 0 saturated heterocycles. The molecule has 0 bridgehead atoms. The van der Waals surface area contributed by atoms with Gasteiger partial charge in [0.15, 0.2) is 5.69 Å². The van der Waals surface area contributed by atoms with E-state index in [-0.39, 0.29) is 5.69 Å². The molecule has 94 valence electrons. The van der Waals surface area contributed by atoms with Crippen LogP contribution in [0.1, 0.15) is 36.7 Å². The normalized spacial score (nSPS) is 23.9. The van der Waals surface area contributed by atoms with Crippen LogP contribution in [0.3, 0.4) is 0 Å². The first-order chi connectivity index (χ1) is 8.13. The number of anilines is 1. The molecule has 1 heterocycles. The van der Waals surface area contributed by atoms with Gasteiger partial charge in [0.25, 0.3) is 0 Å². The fourth-order valence-electron chi connectivity index (χ4n) is 2.54. The van der Waals surface area contributed by atoms with Gasteiger partial charge in [0, 0.05) is 6.54 Å². The summed E-state index contributed by atoms with van der Waals surface area (Å²) in [6.45, 7) is 3.11. The van der Waals surface area contributed by atoms with Gasteiger partial charge in [-0.2, -0.15) is 0 Å². The molecule has 2 rings (SSSR count). The number of esters is 1. The lowest BCUT2D eigenvalue weighted by atomic mass is 9.98. The van der Waals surface area contributed by atoms with E-state index in [0.717, 1.165) is 12.5 Å². The molecular weight excluding hydrogens is 218 g/mol. The zero-order valence-corrected chi connectivity index (χ0v) is 10.3. The molecule has 1 aromatic heterocycles. The van der Waals surface area contributed by atoms with Crippen molar-refractivity contribution in [1.29, 1.82) is 0 Å². The van der Waals surface area contributed by atoms with E-state index in [0.29, 0.717) is 11.7 Å². The lowest BCUT2D eigenvalue weighted by Gasteiger charge is -2.16. The highest BCUT2D eigenvalue weighted by Crippen LogP contribution is 2.33. The summed E-state index contributed by atoms with van der Waals surface area (Å²) in [6.07, 6.45) is 5.42. The van der Waals surface area contributed by atoms with Gasteiger partial charge in [-0.3, -0.25) is 0 Å². The summed E-state index contributed by atoms with van der Waals surface area (Å²) in [7, 11) is 1.33. The highest BCUT2D eigenvalue weighted by atomic mass is 16.5. The molecule has 2 N–H and O–H groups in total. The lowest BCUT2D eigenvalue weighted by Crippen LogP contribution is -2.15. The number of hydrogen-bond acceptors (Lipinski definition) is 4. The van der Waals surface area contributed by atoms with Crippen LogP contribution in [0.25, 0.3) is 0 Å². The number of nitrogens with zero attached hydrogens (tertiary/aromatic N) is 2. The van der Waals surface area contributed by atoms with Gasteiger partial charge in [-0.05, 0) is 18.3 Å². The topological polar surface area (TPSA) is 70.1 Å². The minimum absolute atomic E-state index is 0.221. The number of nitrogens with two attached hydrogens (primary N) is 1. The molecular formula is C12H19N3O2. The predicted octanol–water partition coefficient (Wildman–Crippen LogP) is 1.69. The molecule has 1 aliphatic carbocycles. The number of nitrogen functional groups attached to an aromatic ring is 1. The molecule has 1 aliphatic rings. The average Bonchev–Trinajstić information content (AvgIpc) is 2.87. The van der Waals surface area contributed by atoms with E-state index >= 15 is 0 Å². The van der Waals surface area contributed by atoms with E-state index in [2.05, 4.69) is 16.6 Å². The number of carbonyl (C=O) groups excluding carboxylic acids is 1. The Hall–Kier alpha value is -1.52. The minimum atomic E-state index is -0.472. The summed E-state index contributed by atoms with van der Waals surface area (Å²) in [4.78, 5) is 15.4. The average molecular weight is 237 g/mol. The molecule has 0 aliphatic heterocycles. The lowest BCUT2D eigenvalue weighted by molar-refractivity contribution is 0.0596. The number of carbonyl (C=O) groups is 1. The molecule has 2 unspecified atom stereocenters. The number of rotatable bonds is 3. The van der Waals surface area contributed by atoms with Crippen molar-refractivity contribution in [3.05, 3.63) is 12.0 Å². The van der Waals surface area contributed by atoms with Crippen molar-refractivity contribution < 1.29 is 9.53 Å². The van der Waals surface area contributed by atoms with Crippen LogP contribution < -0.4 is 5.73 Å². The molecule has 0 spiro atoms. The van der Waals surface area contributed by atoms with Crippen LogP contribution in [0.2, 0.25) is 0 Å². The molecule has 2 atom stereocenters. The first kappa shape index (κ1) is 12.0. The van der Waals surface area contributed by atoms with Crippen LogP contribution in [0.15, 0.2) is 6.33 Å². The maximum atomic E-state index is 11.4. The fraction of sp³-hybridized carbons (Fsp3) is 0.667. The summed E-state index contributed by atoms with van der Waals surface area (Å²) in [5.74, 6) is 1.30. The van der Waals surface area contributed by atoms with E-state index in [4.69, 9.17) is 5.73 Å². The van der Waals surface area contributed by atoms with Crippen molar-refractivity contribution in [2.75, 3.05) is 12.8 Å². The second-order valence-corrected chi connectivity index (χ2v) is 4.79. The fourth-order valence-corrected chi connectivity index (χ4v) is 2.54. The quantitative estimate of drug-likeness (QED) is 0.812. The van der Waals surface area contributed by atoms with E-state index in [1.165, 1.54) is 26.4 Å². The van der Waals surface area contributed by atoms with E-state index in [9.17, 15) is 4.79 Å². The van der Waals surface area contributed by atoms with Crippen molar-refractivity contribution in [2.45, 2.75) is 32.7 Å². The monoisotopic (exact) mass is 237 g/mol. The van der Waals surface area contributed by atoms with Gasteiger partial charge >= 0.3 is 5.97 Å². The highest BCUT2D eigenvalue weighted by molar-refractivity contribution is 5.91. The molecule has 17 heavy (non-hydrogen) atoms. The molecule has 0 amide bonds. The SMILES string of the molecule is COC(=O)c1ncn(CC2CCCC2C)c1N. The standard InChI is InChI=1S/C12H19N3O2/c1-8-4-3-5-9(8)6-15-7-14-10(11(15)13)12(16)17-2/h7-9H,3-6,13H2,1-2H3. The molecule has 1 aromatic rings. The van der Waals surface area contributed by atoms with Gasteiger partial charge in [0.2, 0.25) is 0 Å². The molecule has 5 nitrogen and oxygen atoms in total. The first-order valence-electron chi connectivity index (χ1n) is 6.02. The van der Waals surface area contributed by atoms with Gasteiger partial charge in [0.05, 0.1) is 13.4 Å². The van der Waals surface area contributed by atoms with E-state index in [1.54, 1.807) is 6.33 Å². The largest absolute Gasteiger partial charge is 0.464 e. The minimum Gasteiger partial charge on any atom is -0.464 e. The van der Waals surface area contributed by atoms with Crippen LogP contribution in [0.5, 0.6) is 0 Å². The molecule has 1 saturated carbocycles. The second-order valence-electron chi connectivity index (χ2n) is 4.79. The van der Waals surface area contributed by atoms with Gasteiger partial charge in [0.1, 0.15) is 5.82 Å². The smallest absolute Gasteiger partial charge is 0.360 e. The van der Waals surface area contributed by atoms with Gasteiger partial charge in [-0.15, -0.1) is 0 Å². The third kappa shape index (κ3) is 2.28. The summed E-state index contributed by atoms with van der Waals surface area (Å²) < 4.78 is 6.49. The number of imidazole rings is 1. The van der Waals surface area contributed by atoms with Crippen LogP contribution in [-0.2, 0) is 11.3 Å². The Balaban J connectivity index is 2.12. The Morgan fingerprint density at radius 1 is 1.65 bits per heavy atom. The van der Waals surface area contributed by atoms with E-state index in [1.807, 2.05) is 4.57 Å². The summed E-state index contributed by atoms with van der Waals surface area (Å²) >= 11 is 0. The van der Waals surface area contributed by atoms with Gasteiger partial charge in [-0.25, -0.2) is 9.78 Å². The summed E-state index contributed by atoms with van der Waals surface area (Å²) in [6, 6.07) is 0. The predicted molar refractivity (Wildman–Crippen MR) is 64.5 cm³/mol. The number of ether oxygens (including phenoxy) is 1. The third-order valence-corrected chi connectivity index (χ3v) is 3.73. The zero-order valence-electron chi connectivity index (χ0n) is 10.3. The summed E-state index contributed by atoms with van der Waals surface area (Å²) in [5, 5.41) is 0. The highest BCUT2D eigenvalue weighted by Gasteiger charge is 2.25. The number of aromatic nitrogens is 2. The molecule has 1 fully saturated rings.